The van der Waals surface area contributed by atoms with Crippen molar-refractivity contribution < 1.29 is 14.3 Å². The van der Waals surface area contributed by atoms with Gasteiger partial charge in [0.1, 0.15) is 5.75 Å². The number of carbonyl (C=O) groups is 2. The van der Waals surface area contributed by atoms with Crippen molar-refractivity contribution in [2.45, 2.75) is 25.7 Å². The summed E-state index contributed by atoms with van der Waals surface area (Å²) in [6.45, 7) is 0. The van der Waals surface area contributed by atoms with Crippen LogP contribution in [-0.2, 0) is 11.2 Å². The molecule has 0 atom stereocenters. The molecule has 0 fully saturated rings. The molecule has 1 aromatic carbocycles. The van der Waals surface area contributed by atoms with E-state index in [2.05, 4.69) is 0 Å². The molecule has 1 aliphatic rings. The maximum Gasteiger partial charge on any atom is 0.311 e. The number of nitrogens with two attached hydrogens (primary N) is 1. The van der Waals surface area contributed by atoms with Gasteiger partial charge in [0.15, 0.2) is 0 Å². The first kappa shape index (κ1) is 10.7. The van der Waals surface area contributed by atoms with Crippen LogP contribution < -0.4 is 10.5 Å². The van der Waals surface area contributed by atoms with E-state index in [1.807, 2.05) is 0 Å². The molecule has 0 spiro atoms. The smallest absolute Gasteiger partial charge is 0.311 e. The highest BCUT2D eigenvalue weighted by Gasteiger charge is 2.14. The third-order valence-electron chi connectivity index (χ3n) is 2.65. The molecule has 2 N–H and O–H groups in total. The molecule has 0 aliphatic carbocycles. The van der Waals surface area contributed by atoms with E-state index in [9.17, 15) is 9.59 Å². The predicted molar refractivity (Wildman–Crippen MR) is 58.1 cm³/mol. The van der Waals surface area contributed by atoms with Crippen molar-refractivity contribution in [1.29, 1.82) is 0 Å². The molecule has 1 heterocycles. The minimum Gasteiger partial charge on any atom is -0.426 e. The van der Waals surface area contributed by atoms with Crippen LogP contribution in [0.25, 0.3) is 0 Å². The van der Waals surface area contributed by atoms with E-state index in [1.165, 1.54) is 0 Å². The number of ether oxygens (including phenoxy) is 1. The van der Waals surface area contributed by atoms with E-state index in [0.717, 1.165) is 24.8 Å². The van der Waals surface area contributed by atoms with Crippen molar-refractivity contribution >= 4 is 11.9 Å². The van der Waals surface area contributed by atoms with Gasteiger partial charge in [-0.05, 0) is 43.0 Å². The van der Waals surface area contributed by atoms with Gasteiger partial charge in [-0.3, -0.25) is 9.59 Å². The van der Waals surface area contributed by atoms with Gasteiger partial charge in [-0.15, -0.1) is 0 Å². The summed E-state index contributed by atoms with van der Waals surface area (Å²) < 4.78 is 5.18. The number of rotatable bonds is 1. The number of fused-ring (bicyclic) bond motifs is 1. The summed E-state index contributed by atoms with van der Waals surface area (Å²) in [5.74, 6) is -0.126. The van der Waals surface area contributed by atoms with Crippen LogP contribution in [0.15, 0.2) is 18.2 Å². The molecule has 0 saturated carbocycles. The molecular weight excluding hydrogens is 206 g/mol. The fourth-order valence-corrected chi connectivity index (χ4v) is 1.79. The summed E-state index contributed by atoms with van der Waals surface area (Å²) in [6.07, 6.45) is 3.00. The first-order valence-corrected chi connectivity index (χ1v) is 5.30. The number of primary amides is 1. The fourth-order valence-electron chi connectivity index (χ4n) is 1.79. The second kappa shape index (κ2) is 4.35. The quantitative estimate of drug-likeness (QED) is 0.573. The largest absolute Gasteiger partial charge is 0.426 e. The van der Waals surface area contributed by atoms with Gasteiger partial charge in [0, 0.05) is 12.0 Å². The SMILES string of the molecule is NC(=O)c1ccc2c(c1)CCCCC(=O)O2. The lowest BCUT2D eigenvalue weighted by Gasteiger charge is -2.14. The number of amides is 1. The zero-order valence-corrected chi connectivity index (χ0v) is 8.86. The van der Waals surface area contributed by atoms with Crippen LogP contribution in [0.1, 0.15) is 35.2 Å². The molecule has 1 aromatic rings. The highest BCUT2D eigenvalue weighted by Crippen LogP contribution is 2.25. The topological polar surface area (TPSA) is 69.4 Å². The van der Waals surface area contributed by atoms with Crippen molar-refractivity contribution in [3.8, 4) is 5.75 Å². The first-order chi connectivity index (χ1) is 7.66. The zero-order valence-electron chi connectivity index (χ0n) is 8.86. The lowest BCUT2D eigenvalue weighted by molar-refractivity contribution is -0.134. The van der Waals surface area contributed by atoms with Gasteiger partial charge in [-0.2, -0.15) is 0 Å². The number of hydrogen-bond acceptors (Lipinski definition) is 3. The number of benzene rings is 1. The highest BCUT2D eigenvalue weighted by atomic mass is 16.5. The first-order valence-electron chi connectivity index (χ1n) is 5.30. The monoisotopic (exact) mass is 219 g/mol. The van der Waals surface area contributed by atoms with E-state index in [-0.39, 0.29) is 5.97 Å². The summed E-state index contributed by atoms with van der Waals surface area (Å²) in [4.78, 5) is 22.3. The molecule has 0 aromatic heterocycles. The van der Waals surface area contributed by atoms with Gasteiger partial charge in [0.25, 0.3) is 0 Å². The van der Waals surface area contributed by atoms with Crippen LogP contribution >= 0.6 is 0 Å². The van der Waals surface area contributed by atoms with Crippen LogP contribution in [0.4, 0.5) is 0 Å². The number of aryl methyl sites for hydroxylation is 1. The van der Waals surface area contributed by atoms with Crippen molar-refractivity contribution in [2.75, 3.05) is 0 Å². The maximum absolute atomic E-state index is 11.3. The van der Waals surface area contributed by atoms with Crippen LogP contribution in [0.3, 0.4) is 0 Å². The Hall–Kier alpha value is -1.84. The Kier molecular flexibility index (Phi) is 2.90. The summed E-state index contributed by atoms with van der Waals surface area (Å²) >= 11 is 0. The van der Waals surface area contributed by atoms with E-state index < -0.39 is 5.91 Å². The van der Waals surface area contributed by atoms with Gasteiger partial charge in [0.2, 0.25) is 5.91 Å². The number of carbonyl (C=O) groups excluding carboxylic acids is 2. The Morgan fingerprint density at radius 1 is 1.25 bits per heavy atom. The minimum atomic E-state index is -0.462. The zero-order chi connectivity index (χ0) is 11.5. The normalized spacial score (nSPS) is 15.6. The average Bonchev–Trinajstić information content (AvgIpc) is 2.22. The van der Waals surface area contributed by atoms with E-state index in [0.29, 0.717) is 17.7 Å². The molecule has 1 amide bonds. The Balaban J connectivity index is 2.36. The van der Waals surface area contributed by atoms with Gasteiger partial charge in [0.05, 0.1) is 0 Å². The van der Waals surface area contributed by atoms with Crippen molar-refractivity contribution in [3.05, 3.63) is 29.3 Å². The molecule has 84 valence electrons. The number of hydrogen-bond donors (Lipinski definition) is 1. The summed E-state index contributed by atoms with van der Waals surface area (Å²) in [6, 6.07) is 4.92. The van der Waals surface area contributed by atoms with Gasteiger partial charge >= 0.3 is 5.97 Å². The third-order valence-corrected chi connectivity index (χ3v) is 2.65. The molecule has 1 aliphatic heterocycles. The predicted octanol–water partition coefficient (Wildman–Crippen LogP) is 1.42. The second-order valence-electron chi connectivity index (χ2n) is 3.87. The minimum absolute atomic E-state index is 0.215. The van der Waals surface area contributed by atoms with Crippen molar-refractivity contribution in [3.63, 3.8) is 0 Å². The molecule has 0 saturated heterocycles. The van der Waals surface area contributed by atoms with Gasteiger partial charge < -0.3 is 10.5 Å². The molecule has 16 heavy (non-hydrogen) atoms. The summed E-state index contributed by atoms with van der Waals surface area (Å²) in [7, 11) is 0. The van der Waals surface area contributed by atoms with Crippen LogP contribution in [0.5, 0.6) is 5.75 Å². The van der Waals surface area contributed by atoms with Crippen LogP contribution in [-0.4, -0.2) is 11.9 Å². The fraction of sp³-hybridized carbons (Fsp3) is 0.333. The number of esters is 1. The molecule has 0 radical (unpaired) electrons. The van der Waals surface area contributed by atoms with E-state index in [4.69, 9.17) is 10.5 Å². The maximum atomic E-state index is 11.3. The Labute approximate surface area is 93.4 Å². The standard InChI is InChI=1S/C12H13NO3/c13-12(15)9-5-6-10-8(7-9)3-1-2-4-11(14)16-10/h5-7H,1-4H2,(H2,13,15). The third kappa shape index (κ3) is 2.21. The second-order valence-corrected chi connectivity index (χ2v) is 3.87. The van der Waals surface area contributed by atoms with Crippen molar-refractivity contribution in [2.24, 2.45) is 5.73 Å². The lowest BCUT2D eigenvalue weighted by Crippen LogP contribution is -2.14. The molecule has 0 unspecified atom stereocenters. The van der Waals surface area contributed by atoms with Gasteiger partial charge in [-0.1, -0.05) is 0 Å². The Bertz CT molecular complexity index is 440. The van der Waals surface area contributed by atoms with E-state index >= 15 is 0 Å². The van der Waals surface area contributed by atoms with Crippen LogP contribution in [0, 0.1) is 0 Å². The Morgan fingerprint density at radius 3 is 2.75 bits per heavy atom. The van der Waals surface area contributed by atoms with E-state index in [1.54, 1.807) is 18.2 Å². The summed E-state index contributed by atoms with van der Waals surface area (Å²) in [5.41, 5.74) is 6.53. The molecule has 4 nitrogen and oxygen atoms in total. The molecule has 0 bridgehead atoms. The highest BCUT2D eigenvalue weighted by molar-refractivity contribution is 5.93. The molecule has 4 heteroatoms. The molecule has 2 rings (SSSR count). The summed E-state index contributed by atoms with van der Waals surface area (Å²) in [5, 5.41) is 0. The Morgan fingerprint density at radius 2 is 2.00 bits per heavy atom. The molecular formula is C12H13NO3. The average molecular weight is 219 g/mol. The lowest BCUT2D eigenvalue weighted by atomic mass is 10.0. The van der Waals surface area contributed by atoms with Crippen LogP contribution in [0.2, 0.25) is 0 Å². The van der Waals surface area contributed by atoms with Crippen molar-refractivity contribution in [1.82, 2.24) is 0 Å². The van der Waals surface area contributed by atoms with Gasteiger partial charge in [-0.25, -0.2) is 0 Å².